The van der Waals surface area contributed by atoms with Crippen LogP contribution < -0.4 is 0 Å². The first-order valence-corrected chi connectivity index (χ1v) is 8.35. The first-order chi connectivity index (χ1) is 9.56. The SMILES string of the molecule is O=C(O)C1(c2ccc(Br)cc2)CC2(CCCCCC2)C1. The topological polar surface area (TPSA) is 37.3 Å². The Bertz CT molecular complexity index is 490. The van der Waals surface area contributed by atoms with Gasteiger partial charge in [0.1, 0.15) is 0 Å². The molecule has 0 aromatic heterocycles. The lowest BCUT2D eigenvalue weighted by Crippen LogP contribution is -2.54. The van der Waals surface area contributed by atoms with Gasteiger partial charge >= 0.3 is 5.97 Å². The van der Waals surface area contributed by atoms with E-state index in [1.54, 1.807) is 0 Å². The Kier molecular flexibility index (Phi) is 3.65. The van der Waals surface area contributed by atoms with E-state index >= 15 is 0 Å². The van der Waals surface area contributed by atoms with Crippen LogP contribution in [0.4, 0.5) is 0 Å². The van der Waals surface area contributed by atoms with E-state index < -0.39 is 11.4 Å². The molecule has 108 valence electrons. The Morgan fingerprint density at radius 3 is 2.05 bits per heavy atom. The Balaban J connectivity index is 1.85. The Labute approximate surface area is 128 Å². The molecule has 0 heterocycles. The van der Waals surface area contributed by atoms with Gasteiger partial charge in [-0.3, -0.25) is 4.79 Å². The molecular weight excluding hydrogens is 316 g/mol. The molecule has 1 spiro atoms. The zero-order valence-electron chi connectivity index (χ0n) is 11.7. The van der Waals surface area contributed by atoms with Crippen molar-refractivity contribution in [2.75, 3.05) is 0 Å². The van der Waals surface area contributed by atoms with Crippen molar-refractivity contribution in [3.63, 3.8) is 0 Å². The quantitative estimate of drug-likeness (QED) is 0.833. The lowest BCUT2D eigenvalue weighted by molar-refractivity contribution is -0.155. The van der Waals surface area contributed by atoms with Crippen LogP contribution in [0.1, 0.15) is 56.9 Å². The molecule has 3 heteroatoms. The average molecular weight is 337 g/mol. The van der Waals surface area contributed by atoms with E-state index in [-0.39, 0.29) is 0 Å². The molecule has 0 aliphatic heterocycles. The van der Waals surface area contributed by atoms with Crippen molar-refractivity contribution in [1.29, 1.82) is 0 Å². The van der Waals surface area contributed by atoms with Gasteiger partial charge in [0, 0.05) is 4.47 Å². The number of carboxylic acid groups (broad SMARTS) is 1. The lowest BCUT2D eigenvalue weighted by Gasteiger charge is -2.54. The molecule has 2 fully saturated rings. The number of rotatable bonds is 2. The monoisotopic (exact) mass is 336 g/mol. The highest BCUT2D eigenvalue weighted by Crippen LogP contribution is 2.61. The van der Waals surface area contributed by atoms with E-state index in [1.165, 1.54) is 38.5 Å². The van der Waals surface area contributed by atoms with Crippen LogP contribution in [-0.4, -0.2) is 11.1 Å². The van der Waals surface area contributed by atoms with Crippen LogP contribution in [0.5, 0.6) is 0 Å². The van der Waals surface area contributed by atoms with Crippen LogP contribution in [0.2, 0.25) is 0 Å². The van der Waals surface area contributed by atoms with Gasteiger partial charge in [-0.2, -0.15) is 0 Å². The Morgan fingerprint density at radius 1 is 1.00 bits per heavy atom. The van der Waals surface area contributed by atoms with Gasteiger partial charge in [0.25, 0.3) is 0 Å². The summed E-state index contributed by atoms with van der Waals surface area (Å²) in [5, 5.41) is 9.78. The summed E-state index contributed by atoms with van der Waals surface area (Å²) in [5.74, 6) is -0.644. The number of halogens is 1. The minimum Gasteiger partial charge on any atom is -0.481 e. The average Bonchev–Trinajstić information content (AvgIpc) is 2.63. The number of hydrogen-bond acceptors (Lipinski definition) is 1. The Hall–Kier alpha value is -0.830. The molecule has 0 unspecified atom stereocenters. The number of aliphatic carboxylic acids is 1. The van der Waals surface area contributed by atoms with Crippen LogP contribution in [0.15, 0.2) is 28.7 Å². The molecular formula is C17H21BrO2. The second-order valence-corrected chi connectivity index (χ2v) is 7.58. The predicted molar refractivity (Wildman–Crippen MR) is 82.8 cm³/mol. The third-order valence-electron chi connectivity index (χ3n) is 5.32. The van der Waals surface area contributed by atoms with E-state index in [9.17, 15) is 9.90 Å². The fraction of sp³-hybridized carbons (Fsp3) is 0.588. The molecule has 0 radical (unpaired) electrons. The van der Waals surface area contributed by atoms with E-state index in [0.29, 0.717) is 5.41 Å². The van der Waals surface area contributed by atoms with Gasteiger partial charge in [-0.1, -0.05) is 53.7 Å². The molecule has 0 amide bonds. The highest BCUT2D eigenvalue weighted by molar-refractivity contribution is 9.10. The molecule has 0 atom stereocenters. The van der Waals surface area contributed by atoms with Gasteiger partial charge in [0.15, 0.2) is 0 Å². The third kappa shape index (κ3) is 2.30. The van der Waals surface area contributed by atoms with Crippen molar-refractivity contribution in [2.45, 2.75) is 56.8 Å². The second-order valence-electron chi connectivity index (χ2n) is 6.66. The van der Waals surface area contributed by atoms with E-state index in [2.05, 4.69) is 15.9 Å². The van der Waals surface area contributed by atoms with Crippen molar-refractivity contribution in [3.8, 4) is 0 Å². The van der Waals surface area contributed by atoms with Gasteiger partial charge in [-0.25, -0.2) is 0 Å². The van der Waals surface area contributed by atoms with E-state index in [1.807, 2.05) is 24.3 Å². The first-order valence-electron chi connectivity index (χ1n) is 7.56. The first kappa shape index (κ1) is 14.1. The van der Waals surface area contributed by atoms with Crippen molar-refractivity contribution < 1.29 is 9.90 Å². The summed E-state index contributed by atoms with van der Waals surface area (Å²) in [7, 11) is 0. The minimum atomic E-state index is -0.644. The van der Waals surface area contributed by atoms with Crippen molar-refractivity contribution in [1.82, 2.24) is 0 Å². The van der Waals surface area contributed by atoms with Crippen LogP contribution in [-0.2, 0) is 10.2 Å². The van der Waals surface area contributed by atoms with Crippen LogP contribution in [0.3, 0.4) is 0 Å². The maximum Gasteiger partial charge on any atom is 0.314 e. The zero-order valence-corrected chi connectivity index (χ0v) is 13.3. The maximum absolute atomic E-state index is 11.9. The molecule has 2 nitrogen and oxygen atoms in total. The molecule has 0 bridgehead atoms. The zero-order chi connectivity index (χ0) is 14.2. The standard InChI is InChI=1S/C17H21BrO2/c18-14-7-5-13(6-8-14)17(15(19)20)11-16(12-17)9-3-1-2-4-10-16/h5-8H,1-4,9-12H2,(H,19,20). The van der Waals surface area contributed by atoms with Crippen LogP contribution >= 0.6 is 15.9 Å². The number of carboxylic acids is 1. The van der Waals surface area contributed by atoms with Gasteiger partial charge < -0.3 is 5.11 Å². The fourth-order valence-electron chi connectivity index (χ4n) is 4.31. The summed E-state index contributed by atoms with van der Waals surface area (Å²) in [6, 6.07) is 7.86. The molecule has 2 saturated carbocycles. The second kappa shape index (κ2) is 5.18. The van der Waals surface area contributed by atoms with Crippen molar-refractivity contribution in [3.05, 3.63) is 34.3 Å². The van der Waals surface area contributed by atoms with E-state index in [4.69, 9.17) is 0 Å². The van der Waals surface area contributed by atoms with Gasteiger partial charge in [-0.15, -0.1) is 0 Å². The van der Waals surface area contributed by atoms with Gasteiger partial charge in [0.2, 0.25) is 0 Å². The lowest BCUT2D eigenvalue weighted by atomic mass is 9.48. The number of benzene rings is 1. The fourth-order valence-corrected chi connectivity index (χ4v) is 4.57. The van der Waals surface area contributed by atoms with E-state index in [0.717, 1.165) is 22.9 Å². The molecule has 1 aromatic carbocycles. The highest BCUT2D eigenvalue weighted by Gasteiger charge is 2.59. The summed E-state index contributed by atoms with van der Waals surface area (Å²) in [6.07, 6.45) is 9.29. The number of carbonyl (C=O) groups is 1. The molecule has 1 N–H and O–H groups in total. The molecule has 3 rings (SSSR count). The minimum absolute atomic E-state index is 0.308. The summed E-state index contributed by atoms with van der Waals surface area (Å²) >= 11 is 3.42. The summed E-state index contributed by atoms with van der Waals surface area (Å²) in [6.45, 7) is 0. The Morgan fingerprint density at radius 2 is 1.55 bits per heavy atom. The smallest absolute Gasteiger partial charge is 0.314 e. The molecule has 20 heavy (non-hydrogen) atoms. The molecule has 2 aliphatic rings. The van der Waals surface area contributed by atoms with Crippen LogP contribution in [0, 0.1) is 5.41 Å². The summed E-state index contributed by atoms with van der Waals surface area (Å²) in [5.41, 5.74) is 0.649. The van der Waals surface area contributed by atoms with Crippen LogP contribution in [0.25, 0.3) is 0 Å². The molecule has 1 aromatic rings. The summed E-state index contributed by atoms with van der Waals surface area (Å²) in [4.78, 5) is 11.9. The maximum atomic E-state index is 11.9. The van der Waals surface area contributed by atoms with Gasteiger partial charge in [-0.05, 0) is 48.8 Å². The highest BCUT2D eigenvalue weighted by atomic mass is 79.9. The normalized spacial score (nSPS) is 23.9. The van der Waals surface area contributed by atoms with Gasteiger partial charge in [0.05, 0.1) is 5.41 Å². The predicted octanol–water partition coefficient (Wildman–Crippen LogP) is 4.91. The third-order valence-corrected chi connectivity index (χ3v) is 5.85. The largest absolute Gasteiger partial charge is 0.481 e. The number of hydrogen-bond donors (Lipinski definition) is 1. The summed E-state index contributed by atoms with van der Waals surface area (Å²) < 4.78 is 1.00. The van der Waals surface area contributed by atoms with Crippen molar-refractivity contribution >= 4 is 21.9 Å². The molecule has 0 saturated heterocycles. The van der Waals surface area contributed by atoms with Crippen molar-refractivity contribution in [2.24, 2.45) is 5.41 Å². The molecule has 2 aliphatic carbocycles.